The van der Waals surface area contributed by atoms with Crippen molar-refractivity contribution >= 4 is 28.9 Å². The summed E-state index contributed by atoms with van der Waals surface area (Å²) in [6.07, 6.45) is 0. The van der Waals surface area contributed by atoms with E-state index in [9.17, 15) is 14.9 Å². The zero-order valence-corrected chi connectivity index (χ0v) is 12.9. The van der Waals surface area contributed by atoms with E-state index in [1.165, 1.54) is 25.3 Å². The summed E-state index contributed by atoms with van der Waals surface area (Å²) in [6.45, 7) is -0.326. The molecule has 8 heteroatoms. The van der Waals surface area contributed by atoms with E-state index in [4.69, 9.17) is 21.1 Å². The molecular weight excluding hydrogens is 324 g/mol. The average Bonchev–Trinajstić information content (AvgIpc) is 2.54. The Kier molecular flexibility index (Phi) is 5.37. The molecule has 0 unspecified atom stereocenters. The topological polar surface area (TPSA) is 90.7 Å². The van der Waals surface area contributed by atoms with Crippen molar-refractivity contribution in [1.29, 1.82) is 0 Å². The predicted molar refractivity (Wildman–Crippen MR) is 85.2 cm³/mol. The normalized spacial score (nSPS) is 10.0. The van der Waals surface area contributed by atoms with E-state index in [1.807, 2.05) is 0 Å². The highest BCUT2D eigenvalue weighted by Gasteiger charge is 2.17. The Morgan fingerprint density at radius 2 is 2.04 bits per heavy atom. The number of hydrogen-bond acceptors (Lipinski definition) is 5. The van der Waals surface area contributed by atoms with Gasteiger partial charge in [0.15, 0.2) is 6.61 Å². The number of anilines is 1. The highest BCUT2D eigenvalue weighted by molar-refractivity contribution is 6.32. The molecule has 23 heavy (non-hydrogen) atoms. The third kappa shape index (κ3) is 4.33. The minimum atomic E-state index is -0.604. The monoisotopic (exact) mass is 336 g/mol. The SMILES string of the molecule is COc1ccc(NC(=O)COc2ccccc2Cl)c([N+](=O)[O-])c1. The average molecular weight is 337 g/mol. The molecular formula is C15H13ClN2O5. The fourth-order valence-corrected chi connectivity index (χ4v) is 1.98. The Labute approximate surface area is 136 Å². The van der Waals surface area contributed by atoms with Crippen LogP contribution >= 0.6 is 11.6 Å². The minimum Gasteiger partial charge on any atom is -0.496 e. The highest BCUT2D eigenvalue weighted by Crippen LogP contribution is 2.29. The maximum Gasteiger partial charge on any atom is 0.296 e. The molecule has 2 aromatic carbocycles. The Balaban J connectivity index is 2.05. The molecule has 1 amide bonds. The molecule has 0 saturated heterocycles. The van der Waals surface area contributed by atoms with E-state index < -0.39 is 10.8 Å². The number of carbonyl (C=O) groups is 1. The lowest BCUT2D eigenvalue weighted by molar-refractivity contribution is -0.384. The van der Waals surface area contributed by atoms with Crippen molar-refractivity contribution in [3.05, 3.63) is 57.6 Å². The number of rotatable bonds is 6. The van der Waals surface area contributed by atoms with Crippen molar-refractivity contribution in [2.75, 3.05) is 19.0 Å². The van der Waals surface area contributed by atoms with Gasteiger partial charge in [-0.15, -0.1) is 0 Å². The van der Waals surface area contributed by atoms with Crippen molar-refractivity contribution < 1.29 is 19.2 Å². The Hall–Kier alpha value is -2.80. The first-order valence-corrected chi connectivity index (χ1v) is 6.88. The number of ether oxygens (including phenoxy) is 2. The fraction of sp³-hybridized carbons (Fsp3) is 0.133. The molecule has 0 radical (unpaired) electrons. The van der Waals surface area contributed by atoms with Gasteiger partial charge in [0.1, 0.15) is 17.2 Å². The van der Waals surface area contributed by atoms with Gasteiger partial charge in [-0.25, -0.2) is 0 Å². The smallest absolute Gasteiger partial charge is 0.296 e. The lowest BCUT2D eigenvalue weighted by atomic mass is 10.2. The van der Waals surface area contributed by atoms with E-state index in [1.54, 1.807) is 24.3 Å². The molecule has 7 nitrogen and oxygen atoms in total. The first kappa shape index (κ1) is 16.6. The van der Waals surface area contributed by atoms with Crippen LogP contribution in [0.15, 0.2) is 42.5 Å². The van der Waals surface area contributed by atoms with Crippen molar-refractivity contribution in [2.24, 2.45) is 0 Å². The van der Waals surface area contributed by atoms with E-state index in [0.717, 1.165) is 0 Å². The van der Waals surface area contributed by atoms with Gasteiger partial charge in [-0.2, -0.15) is 0 Å². The van der Waals surface area contributed by atoms with Crippen molar-refractivity contribution in [1.82, 2.24) is 0 Å². The zero-order chi connectivity index (χ0) is 16.8. The van der Waals surface area contributed by atoms with Crippen molar-refractivity contribution in [3.8, 4) is 11.5 Å². The second-order valence-corrected chi connectivity index (χ2v) is 4.81. The number of para-hydroxylation sites is 1. The summed E-state index contributed by atoms with van der Waals surface area (Å²) in [4.78, 5) is 22.3. The molecule has 0 heterocycles. The Morgan fingerprint density at radius 1 is 1.30 bits per heavy atom. The van der Waals surface area contributed by atoms with E-state index in [2.05, 4.69) is 5.32 Å². The maximum absolute atomic E-state index is 11.9. The zero-order valence-electron chi connectivity index (χ0n) is 12.1. The molecule has 0 saturated carbocycles. The maximum atomic E-state index is 11.9. The standard InChI is InChI=1S/C15H13ClN2O5/c1-22-10-6-7-12(13(8-10)18(20)21)17-15(19)9-23-14-5-3-2-4-11(14)16/h2-8H,9H2,1H3,(H,17,19). The van der Waals surface area contributed by atoms with Crippen LogP contribution in [0.5, 0.6) is 11.5 Å². The molecule has 0 spiro atoms. The number of nitrogens with one attached hydrogen (secondary N) is 1. The Morgan fingerprint density at radius 3 is 2.70 bits per heavy atom. The van der Waals surface area contributed by atoms with Gasteiger partial charge in [0, 0.05) is 0 Å². The number of nitrogens with zero attached hydrogens (tertiary/aromatic N) is 1. The largest absolute Gasteiger partial charge is 0.496 e. The molecule has 0 aromatic heterocycles. The van der Waals surface area contributed by atoms with Crippen molar-refractivity contribution in [2.45, 2.75) is 0 Å². The van der Waals surface area contributed by atoms with Crippen LogP contribution < -0.4 is 14.8 Å². The van der Waals surface area contributed by atoms with Crippen LogP contribution in [0, 0.1) is 10.1 Å². The summed E-state index contributed by atoms with van der Waals surface area (Å²) >= 11 is 5.91. The summed E-state index contributed by atoms with van der Waals surface area (Å²) in [7, 11) is 1.40. The third-order valence-electron chi connectivity index (χ3n) is 2.87. The fourth-order valence-electron chi connectivity index (χ4n) is 1.79. The molecule has 1 N–H and O–H groups in total. The third-order valence-corrected chi connectivity index (χ3v) is 3.18. The van der Waals surface area contributed by atoms with Gasteiger partial charge in [0.2, 0.25) is 0 Å². The van der Waals surface area contributed by atoms with Gasteiger partial charge in [-0.3, -0.25) is 14.9 Å². The second-order valence-electron chi connectivity index (χ2n) is 4.41. The summed E-state index contributed by atoms with van der Waals surface area (Å²) in [5.41, 5.74) is -0.209. The number of hydrogen-bond donors (Lipinski definition) is 1. The number of halogens is 1. The van der Waals surface area contributed by atoms with Crippen LogP contribution in [0.25, 0.3) is 0 Å². The van der Waals surface area contributed by atoms with Gasteiger partial charge in [0.05, 0.1) is 23.1 Å². The van der Waals surface area contributed by atoms with Gasteiger partial charge < -0.3 is 14.8 Å². The van der Waals surface area contributed by atoms with Crippen LogP contribution in [-0.2, 0) is 4.79 Å². The van der Waals surface area contributed by atoms with E-state index in [-0.39, 0.29) is 18.0 Å². The first-order valence-electron chi connectivity index (χ1n) is 6.51. The molecule has 0 fully saturated rings. The molecule has 2 aromatic rings. The molecule has 0 atom stereocenters. The number of benzene rings is 2. The van der Waals surface area contributed by atoms with Crippen LogP contribution in [0.1, 0.15) is 0 Å². The van der Waals surface area contributed by atoms with Gasteiger partial charge in [-0.1, -0.05) is 23.7 Å². The number of nitro groups is 1. The quantitative estimate of drug-likeness (QED) is 0.645. The van der Waals surface area contributed by atoms with Crippen molar-refractivity contribution in [3.63, 3.8) is 0 Å². The van der Waals surface area contributed by atoms with Crippen LogP contribution in [-0.4, -0.2) is 24.5 Å². The predicted octanol–water partition coefficient (Wildman–Crippen LogP) is 3.27. The summed E-state index contributed by atoms with van der Waals surface area (Å²) in [5, 5.41) is 13.8. The second kappa shape index (κ2) is 7.46. The molecule has 0 aliphatic carbocycles. The first-order chi connectivity index (χ1) is 11.0. The highest BCUT2D eigenvalue weighted by atomic mass is 35.5. The van der Waals surface area contributed by atoms with Crippen LogP contribution in [0.4, 0.5) is 11.4 Å². The summed E-state index contributed by atoms with van der Waals surface area (Å²) in [6, 6.07) is 10.8. The minimum absolute atomic E-state index is 0.0589. The molecule has 0 aliphatic rings. The number of amides is 1. The number of carbonyl (C=O) groups excluding carboxylic acids is 1. The van der Waals surface area contributed by atoms with Gasteiger partial charge >= 0.3 is 0 Å². The van der Waals surface area contributed by atoms with Crippen LogP contribution in [0.2, 0.25) is 5.02 Å². The van der Waals surface area contributed by atoms with E-state index in [0.29, 0.717) is 16.5 Å². The van der Waals surface area contributed by atoms with Gasteiger partial charge in [-0.05, 0) is 24.3 Å². The molecule has 0 bridgehead atoms. The molecule has 2 rings (SSSR count). The lowest BCUT2D eigenvalue weighted by Gasteiger charge is -2.09. The van der Waals surface area contributed by atoms with E-state index >= 15 is 0 Å². The summed E-state index contributed by atoms with van der Waals surface area (Å²) in [5.74, 6) is 0.133. The number of methoxy groups -OCH3 is 1. The lowest BCUT2D eigenvalue weighted by Crippen LogP contribution is -2.20. The molecule has 120 valence electrons. The van der Waals surface area contributed by atoms with Crippen LogP contribution in [0.3, 0.4) is 0 Å². The number of nitro benzene ring substituents is 1. The van der Waals surface area contributed by atoms with Gasteiger partial charge in [0.25, 0.3) is 11.6 Å². The Bertz CT molecular complexity index is 736. The molecule has 0 aliphatic heterocycles. The summed E-state index contributed by atoms with van der Waals surface area (Å²) < 4.78 is 10.2.